The van der Waals surface area contributed by atoms with Crippen LogP contribution in [0.3, 0.4) is 0 Å². The van der Waals surface area contributed by atoms with Crippen molar-refractivity contribution in [1.82, 2.24) is 0 Å². The molecular weight excluding hydrogens is 218 g/mol. The van der Waals surface area contributed by atoms with E-state index in [1.54, 1.807) is 19.2 Å². The third-order valence-electron chi connectivity index (χ3n) is 1.63. The minimum Gasteiger partial charge on any atom is -0.507 e. The maximum atomic E-state index is 9.41. The summed E-state index contributed by atoms with van der Waals surface area (Å²) in [4.78, 5) is 4.86. The van der Waals surface area contributed by atoms with E-state index in [4.69, 9.17) is 21.2 Å². The van der Waals surface area contributed by atoms with Crippen molar-refractivity contribution in [2.24, 2.45) is 5.16 Å². The normalized spacial score (nSPS) is 10.8. The number of hydrogen-bond donors (Lipinski definition) is 1. The molecule has 0 saturated carbocycles. The highest BCUT2D eigenvalue weighted by Gasteiger charge is 1.98. The number of aromatic hydroxyl groups is 1. The molecule has 1 N–H and O–H groups in total. The lowest BCUT2D eigenvalue weighted by Crippen LogP contribution is -1.97. The Morgan fingerprint density at radius 1 is 1.47 bits per heavy atom. The van der Waals surface area contributed by atoms with E-state index < -0.39 is 0 Å². The van der Waals surface area contributed by atoms with Gasteiger partial charge in [-0.05, 0) is 18.2 Å². The molecule has 0 aliphatic rings. The minimum absolute atomic E-state index is 0.110. The van der Waals surface area contributed by atoms with E-state index >= 15 is 0 Å². The predicted molar refractivity (Wildman–Crippen MR) is 58.5 cm³/mol. The summed E-state index contributed by atoms with van der Waals surface area (Å²) in [5.74, 6) is 0.110. The van der Waals surface area contributed by atoms with Gasteiger partial charge in [0.05, 0.1) is 12.8 Å². The van der Waals surface area contributed by atoms with Gasteiger partial charge in [-0.1, -0.05) is 16.8 Å². The van der Waals surface area contributed by atoms with Crippen LogP contribution in [-0.2, 0) is 9.57 Å². The number of phenolic OH excluding ortho intramolecular Hbond substituents is 1. The average Bonchev–Trinajstić information content (AvgIpc) is 2.23. The van der Waals surface area contributed by atoms with Crippen LogP contribution in [0.25, 0.3) is 0 Å². The zero-order valence-corrected chi connectivity index (χ0v) is 9.07. The van der Waals surface area contributed by atoms with E-state index in [0.29, 0.717) is 23.8 Å². The Bertz CT molecular complexity index is 341. The van der Waals surface area contributed by atoms with Crippen molar-refractivity contribution in [3.63, 3.8) is 0 Å². The Hall–Kier alpha value is -1.26. The second-order valence-electron chi connectivity index (χ2n) is 2.76. The van der Waals surface area contributed by atoms with Crippen LogP contribution in [0.1, 0.15) is 5.56 Å². The van der Waals surface area contributed by atoms with Crippen LogP contribution in [0.15, 0.2) is 23.4 Å². The lowest BCUT2D eigenvalue weighted by Gasteiger charge is -1.99. The number of halogens is 1. The Morgan fingerprint density at radius 2 is 2.27 bits per heavy atom. The highest BCUT2D eigenvalue weighted by Crippen LogP contribution is 2.19. The molecule has 4 nitrogen and oxygen atoms in total. The number of benzene rings is 1. The van der Waals surface area contributed by atoms with Crippen molar-refractivity contribution in [3.05, 3.63) is 28.8 Å². The third-order valence-corrected chi connectivity index (χ3v) is 1.87. The van der Waals surface area contributed by atoms with E-state index in [2.05, 4.69) is 5.16 Å². The number of rotatable bonds is 5. The van der Waals surface area contributed by atoms with Crippen molar-refractivity contribution in [3.8, 4) is 5.75 Å². The van der Waals surface area contributed by atoms with Gasteiger partial charge in [0.15, 0.2) is 0 Å². The molecule has 0 heterocycles. The molecule has 0 unspecified atom stereocenters. The summed E-state index contributed by atoms with van der Waals surface area (Å²) in [6, 6.07) is 4.69. The summed E-state index contributed by atoms with van der Waals surface area (Å²) in [6.45, 7) is 0.840. The lowest BCUT2D eigenvalue weighted by atomic mass is 10.2. The first-order chi connectivity index (χ1) is 7.24. The Labute approximate surface area is 93.1 Å². The highest BCUT2D eigenvalue weighted by molar-refractivity contribution is 6.30. The first-order valence-corrected chi connectivity index (χ1v) is 4.74. The van der Waals surface area contributed by atoms with Gasteiger partial charge in [-0.2, -0.15) is 0 Å². The fourth-order valence-electron chi connectivity index (χ4n) is 0.896. The van der Waals surface area contributed by atoms with Crippen molar-refractivity contribution >= 4 is 17.8 Å². The molecule has 0 radical (unpaired) electrons. The Morgan fingerprint density at radius 3 is 3.00 bits per heavy atom. The minimum atomic E-state index is 0.110. The molecule has 0 atom stereocenters. The van der Waals surface area contributed by atoms with Crippen LogP contribution in [0.4, 0.5) is 0 Å². The first-order valence-electron chi connectivity index (χ1n) is 4.37. The largest absolute Gasteiger partial charge is 0.507 e. The van der Waals surface area contributed by atoms with E-state index in [1.807, 2.05) is 0 Å². The van der Waals surface area contributed by atoms with Crippen LogP contribution < -0.4 is 0 Å². The van der Waals surface area contributed by atoms with Gasteiger partial charge >= 0.3 is 0 Å². The number of ether oxygens (including phenoxy) is 1. The average molecular weight is 230 g/mol. The van der Waals surface area contributed by atoms with E-state index in [9.17, 15) is 5.11 Å². The summed E-state index contributed by atoms with van der Waals surface area (Å²) in [5.41, 5.74) is 0.514. The third kappa shape index (κ3) is 4.18. The van der Waals surface area contributed by atoms with Crippen molar-refractivity contribution in [1.29, 1.82) is 0 Å². The summed E-state index contributed by atoms with van der Waals surface area (Å²) in [7, 11) is 1.58. The number of methoxy groups -OCH3 is 1. The zero-order chi connectivity index (χ0) is 11.1. The second-order valence-corrected chi connectivity index (χ2v) is 3.20. The molecule has 1 rings (SSSR count). The SMILES string of the molecule is COCCO/N=C/c1cc(Cl)ccc1O. The van der Waals surface area contributed by atoms with Gasteiger partial charge in [0.2, 0.25) is 0 Å². The maximum Gasteiger partial charge on any atom is 0.140 e. The molecule has 0 aliphatic heterocycles. The highest BCUT2D eigenvalue weighted by atomic mass is 35.5. The van der Waals surface area contributed by atoms with Gasteiger partial charge in [0.25, 0.3) is 0 Å². The van der Waals surface area contributed by atoms with E-state index in [0.717, 1.165) is 0 Å². The van der Waals surface area contributed by atoms with Gasteiger partial charge < -0.3 is 14.7 Å². The molecule has 0 amide bonds. The molecule has 0 aliphatic carbocycles. The number of hydrogen-bond acceptors (Lipinski definition) is 4. The van der Waals surface area contributed by atoms with Crippen molar-refractivity contribution in [2.45, 2.75) is 0 Å². The van der Waals surface area contributed by atoms with Gasteiger partial charge in [0, 0.05) is 17.7 Å². The van der Waals surface area contributed by atoms with Gasteiger partial charge in [-0.3, -0.25) is 0 Å². The molecule has 0 aromatic heterocycles. The lowest BCUT2D eigenvalue weighted by molar-refractivity contribution is 0.0759. The van der Waals surface area contributed by atoms with Crippen LogP contribution in [0, 0.1) is 0 Å². The topological polar surface area (TPSA) is 51.0 Å². The quantitative estimate of drug-likeness (QED) is 0.478. The van der Waals surface area contributed by atoms with Crippen LogP contribution >= 0.6 is 11.6 Å². The standard InChI is InChI=1S/C10H12ClNO3/c1-14-4-5-15-12-7-8-6-9(11)2-3-10(8)13/h2-3,6-7,13H,4-5H2,1H3/b12-7+. The maximum absolute atomic E-state index is 9.41. The van der Waals surface area contributed by atoms with Crippen molar-refractivity contribution < 1.29 is 14.7 Å². The Balaban J connectivity index is 2.52. The summed E-state index contributed by atoms with van der Waals surface area (Å²) >= 11 is 5.75. The van der Waals surface area contributed by atoms with E-state index in [1.165, 1.54) is 12.3 Å². The second kappa shape index (κ2) is 6.27. The molecule has 0 fully saturated rings. The Kier molecular flexibility index (Phi) is 4.93. The van der Waals surface area contributed by atoms with Gasteiger partial charge in [0.1, 0.15) is 12.4 Å². The fraction of sp³-hybridized carbons (Fsp3) is 0.300. The molecular formula is C10H12ClNO3. The number of phenols is 1. The molecule has 1 aromatic rings. The monoisotopic (exact) mass is 229 g/mol. The number of nitrogens with zero attached hydrogens (tertiary/aromatic N) is 1. The molecule has 0 saturated heterocycles. The first kappa shape index (κ1) is 11.8. The summed E-state index contributed by atoms with van der Waals surface area (Å²) < 4.78 is 4.77. The fourth-order valence-corrected chi connectivity index (χ4v) is 1.08. The van der Waals surface area contributed by atoms with Crippen LogP contribution in [0.5, 0.6) is 5.75 Å². The smallest absolute Gasteiger partial charge is 0.140 e. The molecule has 0 spiro atoms. The summed E-state index contributed by atoms with van der Waals surface area (Å²) in [5, 5.41) is 13.6. The predicted octanol–water partition coefficient (Wildman–Crippen LogP) is 2.04. The summed E-state index contributed by atoms with van der Waals surface area (Å²) in [6.07, 6.45) is 1.40. The molecule has 0 bridgehead atoms. The van der Waals surface area contributed by atoms with Crippen LogP contribution in [0.2, 0.25) is 5.02 Å². The van der Waals surface area contributed by atoms with Gasteiger partial charge in [-0.15, -0.1) is 0 Å². The van der Waals surface area contributed by atoms with E-state index in [-0.39, 0.29) is 5.75 Å². The van der Waals surface area contributed by atoms with Gasteiger partial charge in [-0.25, -0.2) is 0 Å². The number of oxime groups is 1. The van der Waals surface area contributed by atoms with Crippen LogP contribution in [-0.4, -0.2) is 31.6 Å². The molecule has 15 heavy (non-hydrogen) atoms. The molecule has 1 aromatic carbocycles. The molecule has 5 heteroatoms. The zero-order valence-electron chi connectivity index (χ0n) is 8.31. The molecule has 82 valence electrons. The van der Waals surface area contributed by atoms with Crippen molar-refractivity contribution in [2.75, 3.05) is 20.3 Å².